The van der Waals surface area contributed by atoms with E-state index in [1.165, 1.54) is 12.1 Å². The summed E-state index contributed by atoms with van der Waals surface area (Å²) in [5.74, 6) is 0.504. The third-order valence-electron chi connectivity index (χ3n) is 2.70. The lowest BCUT2D eigenvalue weighted by Gasteiger charge is -2.24. The van der Waals surface area contributed by atoms with Gasteiger partial charge < -0.3 is 10.6 Å². The summed E-state index contributed by atoms with van der Waals surface area (Å²) in [4.78, 5) is 6.31. The molecule has 2 rings (SSSR count). The average molecular weight is 324 g/mol. The van der Waals surface area contributed by atoms with E-state index in [4.69, 9.17) is 5.73 Å². The van der Waals surface area contributed by atoms with Crippen LogP contribution in [0.4, 0.5) is 15.9 Å². The number of hydrogen-bond donors (Lipinski definition) is 1. The first-order chi connectivity index (χ1) is 9.22. The largest absolute Gasteiger partial charge is 0.330 e. The third-order valence-corrected chi connectivity index (χ3v) is 3.32. The van der Waals surface area contributed by atoms with E-state index in [1.54, 1.807) is 12.3 Å². The second-order valence-electron chi connectivity index (χ2n) is 4.08. The molecule has 1 aromatic heterocycles. The molecule has 3 nitrogen and oxygen atoms in total. The maximum Gasteiger partial charge on any atom is 0.147 e. The van der Waals surface area contributed by atoms with E-state index >= 15 is 0 Å². The summed E-state index contributed by atoms with van der Waals surface area (Å²) in [6.07, 6.45) is 2.52. The Labute approximate surface area is 120 Å². The lowest BCUT2D eigenvalue weighted by molar-refractivity contribution is 0.627. The average Bonchev–Trinajstić information content (AvgIpc) is 2.41. The van der Waals surface area contributed by atoms with Gasteiger partial charge in [-0.05, 0) is 59.2 Å². The lowest BCUT2D eigenvalue weighted by Crippen LogP contribution is -2.22. The Morgan fingerprint density at radius 3 is 2.79 bits per heavy atom. The van der Waals surface area contributed by atoms with Crippen LogP contribution in [0.3, 0.4) is 0 Å². The molecule has 0 aliphatic carbocycles. The minimum absolute atomic E-state index is 0.262. The van der Waals surface area contributed by atoms with Gasteiger partial charge in [0.2, 0.25) is 0 Å². The summed E-state index contributed by atoms with van der Waals surface area (Å²) < 4.78 is 14.3. The zero-order valence-corrected chi connectivity index (χ0v) is 12.0. The number of aromatic nitrogens is 1. The molecule has 0 radical (unpaired) electrons. The van der Waals surface area contributed by atoms with E-state index < -0.39 is 0 Å². The Balaban J connectivity index is 2.38. The second kappa shape index (κ2) is 6.63. The van der Waals surface area contributed by atoms with Gasteiger partial charge in [-0.1, -0.05) is 6.07 Å². The molecule has 2 N–H and O–H groups in total. The van der Waals surface area contributed by atoms with E-state index in [0.717, 1.165) is 22.4 Å². The molecule has 1 aromatic carbocycles. The van der Waals surface area contributed by atoms with Crippen molar-refractivity contribution in [2.24, 2.45) is 5.73 Å². The van der Waals surface area contributed by atoms with Crippen LogP contribution < -0.4 is 10.6 Å². The summed E-state index contributed by atoms with van der Waals surface area (Å²) in [6, 6.07) is 10.2. The third kappa shape index (κ3) is 3.52. The van der Waals surface area contributed by atoms with Crippen LogP contribution in [0.5, 0.6) is 0 Å². The molecule has 100 valence electrons. The van der Waals surface area contributed by atoms with Crippen LogP contribution in [-0.4, -0.2) is 18.1 Å². The van der Waals surface area contributed by atoms with Crippen molar-refractivity contribution in [3.63, 3.8) is 0 Å². The predicted octanol–water partition coefficient (Wildman–Crippen LogP) is 3.47. The number of nitrogens with zero attached hydrogens (tertiary/aromatic N) is 2. The Morgan fingerprint density at radius 2 is 2.11 bits per heavy atom. The molecule has 0 aliphatic rings. The molecule has 0 atom stereocenters. The number of rotatable bonds is 5. The molecule has 1 heterocycles. The molecule has 19 heavy (non-hydrogen) atoms. The van der Waals surface area contributed by atoms with E-state index in [9.17, 15) is 4.39 Å². The van der Waals surface area contributed by atoms with Gasteiger partial charge in [-0.3, -0.25) is 0 Å². The fraction of sp³-hybridized carbons (Fsp3) is 0.214. The minimum atomic E-state index is -0.262. The molecule has 0 spiro atoms. The summed E-state index contributed by atoms with van der Waals surface area (Å²) in [5, 5.41) is 0. The van der Waals surface area contributed by atoms with Crippen LogP contribution >= 0.6 is 15.9 Å². The molecule has 0 amide bonds. The van der Waals surface area contributed by atoms with Crippen molar-refractivity contribution in [2.45, 2.75) is 6.42 Å². The molecule has 0 unspecified atom stereocenters. The van der Waals surface area contributed by atoms with E-state index in [1.807, 2.05) is 23.1 Å². The Morgan fingerprint density at radius 1 is 1.26 bits per heavy atom. The first kappa shape index (κ1) is 14.0. The number of nitrogens with two attached hydrogens (primary N) is 1. The maximum atomic E-state index is 13.4. The smallest absolute Gasteiger partial charge is 0.147 e. The van der Waals surface area contributed by atoms with Gasteiger partial charge in [-0.2, -0.15) is 0 Å². The number of pyridine rings is 1. The zero-order valence-electron chi connectivity index (χ0n) is 10.4. The SMILES string of the molecule is NCCCN(c1cccc(F)c1)c1ncccc1Br. The monoisotopic (exact) mass is 323 g/mol. The number of halogens is 2. The van der Waals surface area contributed by atoms with Crippen LogP contribution in [0.15, 0.2) is 47.1 Å². The van der Waals surface area contributed by atoms with Crippen LogP contribution in [0.2, 0.25) is 0 Å². The Hall–Kier alpha value is -1.46. The summed E-state index contributed by atoms with van der Waals surface area (Å²) >= 11 is 3.48. The Kier molecular flexibility index (Phi) is 4.87. The summed E-state index contributed by atoms with van der Waals surface area (Å²) in [7, 11) is 0. The molecule has 0 saturated carbocycles. The zero-order chi connectivity index (χ0) is 13.7. The van der Waals surface area contributed by atoms with Crippen molar-refractivity contribution >= 4 is 27.4 Å². The molecular formula is C14H15BrFN3. The Bertz CT molecular complexity index is 548. The van der Waals surface area contributed by atoms with Crippen LogP contribution in [0.1, 0.15) is 6.42 Å². The normalized spacial score (nSPS) is 10.5. The highest BCUT2D eigenvalue weighted by Crippen LogP contribution is 2.30. The van der Waals surface area contributed by atoms with Gasteiger partial charge in [0.05, 0.1) is 4.47 Å². The van der Waals surface area contributed by atoms with Crippen molar-refractivity contribution in [1.29, 1.82) is 0 Å². The van der Waals surface area contributed by atoms with Crippen molar-refractivity contribution in [1.82, 2.24) is 4.98 Å². The molecule has 0 saturated heterocycles. The molecule has 5 heteroatoms. The van der Waals surface area contributed by atoms with Crippen molar-refractivity contribution in [3.05, 3.63) is 52.9 Å². The topological polar surface area (TPSA) is 42.1 Å². The van der Waals surface area contributed by atoms with Gasteiger partial charge in [0, 0.05) is 18.4 Å². The van der Waals surface area contributed by atoms with Gasteiger partial charge >= 0.3 is 0 Å². The minimum Gasteiger partial charge on any atom is -0.330 e. The van der Waals surface area contributed by atoms with Gasteiger partial charge in [0.25, 0.3) is 0 Å². The number of benzene rings is 1. The van der Waals surface area contributed by atoms with Gasteiger partial charge in [0.15, 0.2) is 0 Å². The maximum absolute atomic E-state index is 13.4. The quantitative estimate of drug-likeness (QED) is 0.916. The molecule has 0 bridgehead atoms. The van der Waals surface area contributed by atoms with Crippen LogP contribution in [0.25, 0.3) is 0 Å². The molecule has 2 aromatic rings. The van der Waals surface area contributed by atoms with Gasteiger partial charge in [-0.25, -0.2) is 9.37 Å². The second-order valence-corrected chi connectivity index (χ2v) is 4.94. The fourth-order valence-electron chi connectivity index (χ4n) is 1.83. The highest BCUT2D eigenvalue weighted by atomic mass is 79.9. The van der Waals surface area contributed by atoms with Gasteiger partial charge in [-0.15, -0.1) is 0 Å². The highest BCUT2D eigenvalue weighted by molar-refractivity contribution is 9.10. The molecule has 0 aliphatic heterocycles. The van der Waals surface area contributed by atoms with Crippen molar-refractivity contribution in [2.75, 3.05) is 18.0 Å². The first-order valence-corrected chi connectivity index (χ1v) is 6.85. The van der Waals surface area contributed by atoms with Crippen LogP contribution in [-0.2, 0) is 0 Å². The van der Waals surface area contributed by atoms with Crippen molar-refractivity contribution in [3.8, 4) is 0 Å². The lowest BCUT2D eigenvalue weighted by atomic mass is 10.2. The summed E-state index contributed by atoms with van der Waals surface area (Å²) in [6.45, 7) is 1.27. The van der Waals surface area contributed by atoms with Gasteiger partial charge in [0.1, 0.15) is 11.6 Å². The molecular weight excluding hydrogens is 309 g/mol. The standard InChI is InChI=1S/C14H15BrFN3/c15-13-6-2-8-18-14(13)19(9-3-7-17)12-5-1-4-11(16)10-12/h1-2,4-6,8,10H,3,7,9,17H2. The predicted molar refractivity (Wildman–Crippen MR) is 79.0 cm³/mol. The highest BCUT2D eigenvalue weighted by Gasteiger charge is 2.13. The first-order valence-electron chi connectivity index (χ1n) is 6.06. The van der Waals surface area contributed by atoms with Crippen molar-refractivity contribution < 1.29 is 4.39 Å². The number of hydrogen-bond acceptors (Lipinski definition) is 3. The number of anilines is 2. The van der Waals surface area contributed by atoms with E-state index in [0.29, 0.717) is 13.1 Å². The fourth-order valence-corrected chi connectivity index (χ4v) is 2.30. The van der Waals surface area contributed by atoms with Crippen LogP contribution in [0, 0.1) is 5.82 Å². The molecule has 0 fully saturated rings. The van der Waals surface area contributed by atoms with E-state index in [-0.39, 0.29) is 5.82 Å². The van der Waals surface area contributed by atoms with E-state index in [2.05, 4.69) is 20.9 Å². The summed E-state index contributed by atoms with van der Waals surface area (Å²) in [5.41, 5.74) is 6.34.